The Morgan fingerprint density at radius 1 is 1.25 bits per heavy atom. The van der Waals surface area contributed by atoms with Crippen molar-refractivity contribution in [2.24, 2.45) is 5.90 Å². The van der Waals surface area contributed by atoms with Gasteiger partial charge in [-0.1, -0.05) is 0 Å². The molecule has 0 spiro atoms. The number of rotatable bonds is 6. The molecule has 0 fully saturated rings. The van der Waals surface area contributed by atoms with E-state index in [2.05, 4.69) is 4.84 Å². The zero-order chi connectivity index (χ0) is 12.0. The van der Waals surface area contributed by atoms with Crippen molar-refractivity contribution in [1.29, 1.82) is 0 Å². The molecule has 0 bridgehead atoms. The molecule has 1 aromatic rings. The van der Waals surface area contributed by atoms with Gasteiger partial charge in [0.1, 0.15) is 6.29 Å². The summed E-state index contributed by atoms with van der Waals surface area (Å²) in [6.07, 6.45) is 1.32. The molecule has 5 nitrogen and oxygen atoms in total. The normalized spacial score (nSPS) is 9.94. The maximum Gasteiger partial charge on any atom is 0.161 e. The Morgan fingerprint density at radius 3 is 2.38 bits per heavy atom. The summed E-state index contributed by atoms with van der Waals surface area (Å²) in [5.41, 5.74) is 1.37. The first-order valence-corrected chi connectivity index (χ1v) is 4.78. The van der Waals surface area contributed by atoms with E-state index in [9.17, 15) is 4.79 Å². The molecule has 16 heavy (non-hydrogen) atoms. The number of hydrogen-bond acceptors (Lipinski definition) is 5. The Hall–Kier alpha value is -1.59. The van der Waals surface area contributed by atoms with E-state index in [1.54, 1.807) is 19.2 Å². The fourth-order valence-electron chi connectivity index (χ4n) is 1.43. The Balaban J connectivity index is 3.09. The molecule has 2 N–H and O–H groups in total. The summed E-state index contributed by atoms with van der Waals surface area (Å²) in [4.78, 5) is 15.4. The van der Waals surface area contributed by atoms with Crippen LogP contribution in [0.1, 0.15) is 15.9 Å². The van der Waals surface area contributed by atoms with Crippen LogP contribution in [0.4, 0.5) is 0 Å². The van der Waals surface area contributed by atoms with Crippen molar-refractivity contribution in [2.75, 3.05) is 20.8 Å². The molecule has 0 amide bonds. The van der Waals surface area contributed by atoms with E-state index in [1.807, 2.05) is 0 Å². The van der Waals surface area contributed by atoms with E-state index in [0.29, 0.717) is 30.1 Å². The van der Waals surface area contributed by atoms with Crippen LogP contribution in [0.25, 0.3) is 0 Å². The maximum absolute atomic E-state index is 10.9. The average molecular weight is 225 g/mol. The second-order valence-corrected chi connectivity index (χ2v) is 3.14. The molecule has 1 aromatic carbocycles. The van der Waals surface area contributed by atoms with Crippen LogP contribution in [0.15, 0.2) is 12.1 Å². The summed E-state index contributed by atoms with van der Waals surface area (Å²) in [6.45, 7) is 0.344. The summed E-state index contributed by atoms with van der Waals surface area (Å²) < 4.78 is 10.2. The smallest absolute Gasteiger partial charge is 0.161 e. The molecule has 0 unspecified atom stereocenters. The first-order valence-electron chi connectivity index (χ1n) is 4.78. The van der Waals surface area contributed by atoms with Crippen molar-refractivity contribution >= 4 is 6.29 Å². The van der Waals surface area contributed by atoms with Crippen LogP contribution >= 0.6 is 0 Å². The Labute approximate surface area is 94.1 Å². The first-order chi connectivity index (χ1) is 7.76. The summed E-state index contributed by atoms with van der Waals surface area (Å²) >= 11 is 0. The van der Waals surface area contributed by atoms with Gasteiger partial charge in [0.05, 0.1) is 20.8 Å². The summed E-state index contributed by atoms with van der Waals surface area (Å²) in [7, 11) is 3.07. The van der Waals surface area contributed by atoms with Gasteiger partial charge in [0.2, 0.25) is 0 Å². The van der Waals surface area contributed by atoms with E-state index in [1.165, 1.54) is 7.11 Å². The first kappa shape index (κ1) is 12.5. The number of carbonyl (C=O) groups is 1. The number of benzene rings is 1. The molecule has 0 aromatic heterocycles. The van der Waals surface area contributed by atoms with Crippen molar-refractivity contribution in [3.05, 3.63) is 23.3 Å². The van der Waals surface area contributed by atoms with Gasteiger partial charge in [-0.3, -0.25) is 4.79 Å². The van der Waals surface area contributed by atoms with Crippen molar-refractivity contribution in [2.45, 2.75) is 6.42 Å². The van der Waals surface area contributed by atoms with Crippen molar-refractivity contribution in [3.63, 3.8) is 0 Å². The molecule has 0 aliphatic heterocycles. The van der Waals surface area contributed by atoms with Crippen LogP contribution in [-0.4, -0.2) is 27.1 Å². The molecule has 0 atom stereocenters. The van der Waals surface area contributed by atoms with Gasteiger partial charge in [0, 0.05) is 5.56 Å². The van der Waals surface area contributed by atoms with E-state index >= 15 is 0 Å². The third-order valence-corrected chi connectivity index (χ3v) is 2.26. The zero-order valence-electron chi connectivity index (χ0n) is 9.36. The van der Waals surface area contributed by atoms with E-state index in [4.69, 9.17) is 15.4 Å². The predicted octanol–water partition coefficient (Wildman–Crippen LogP) is 0.949. The standard InChI is InChI=1S/C11H15NO4/c1-14-10-5-8(3-4-16-12)9(7-13)6-11(10)15-2/h5-7H,3-4,12H2,1-2H3. The second-order valence-electron chi connectivity index (χ2n) is 3.14. The Morgan fingerprint density at radius 2 is 1.88 bits per heavy atom. The Kier molecular flexibility index (Phi) is 4.75. The van der Waals surface area contributed by atoms with Crippen LogP contribution in [0.2, 0.25) is 0 Å². The van der Waals surface area contributed by atoms with E-state index in [-0.39, 0.29) is 0 Å². The fourth-order valence-corrected chi connectivity index (χ4v) is 1.43. The maximum atomic E-state index is 10.9. The minimum Gasteiger partial charge on any atom is -0.493 e. The van der Waals surface area contributed by atoms with Gasteiger partial charge < -0.3 is 14.3 Å². The van der Waals surface area contributed by atoms with Crippen LogP contribution in [0, 0.1) is 0 Å². The minimum absolute atomic E-state index is 0.344. The lowest BCUT2D eigenvalue weighted by Gasteiger charge is -2.11. The number of nitrogens with two attached hydrogens (primary N) is 1. The SMILES string of the molecule is COc1cc(C=O)c(CCON)cc1OC. The summed E-state index contributed by atoms with van der Waals surface area (Å²) in [6, 6.07) is 3.39. The highest BCUT2D eigenvalue weighted by Gasteiger charge is 2.10. The van der Waals surface area contributed by atoms with Crippen LogP contribution in [-0.2, 0) is 11.3 Å². The lowest BCUT2D eigenvalue weighted by atomic mass is 10.0. The predicted molar refractivity (Wildman–Crippen MR) is 58.8 cm³/mol. The number of aldehydes is 1. The molecule has 0 saturated carbocycles. The van der Waals surface area contributed by atoms with Gasteiger partial charge in [-0.25, -0.2) is 5.90 Å². The molecule has 0 radical (unpaired) electrons. The molecular formula is C11H15NO4. The lowest BCUT2D eigenvalue weighted by molar-refractivity contribution is 0.112. The topological polar surface area (TPSA) is 70.8 Å². The van der Waals surface area contributed by atoms with Gasteiger partial charge in [0.25, 0.3) is 0 Å². The third kappa shape index (κ3) is 2.71. The number of hydrogen-bond donors (Lipinski definition) is 1. The van der Waals surface area contributed by atoms with Crippen LogP contribution in [0.3, 0.4) is 0 Å². The highest BCUT2D eigenvalue weighted by atomic mass is 16.6. The van der Waals surface area contributed by atoms with Gasteiger partial charge >= 0.3 is 0 Å². The van der Waals surface area contributed by atoms with Crippen molar-refractivity contribution in [1.82, 2.24) is 0 Å². The molecule has 1 rings (SSSR count). The molecule has 0 aliphatic rings. The van der Waals surface area contributed by atoms with Crippen molar-refractivity contribution < 1.29 is 19.1 Å². The second kappa shape index (κ2) is 6.09. The fraction of sp³-hybridized carbons (Fsp3) is 0.364. The summed E-state index contributed by atoms with van der Waals surface area (Å²) in [5.74, 6) is 6.06. The number of ether oxygens (including phenoxy) is 2. The molecule has 0 saturated heterocycles. The largest absolute Gasteiger partial charge is 0.493 e. The quantitative estimate of drug-likeness (QED) is 0.576. The van der Waals surface area contributed by atoms with Gasteiger partial charge in [-0.2, -0.15) is 0 Å². The van der Waals surface area contributed by atoms with E-state index < -0.39 is 0 Å². The monoisotopic (exact) mass is 225 g/mol. The van der Waals surface area contributed by atoms with Crippen LogP contribution in [0.5, 0.6) is 11.5 Å². The summed E-state index contributed by atoms with van der Waals surface area (Å²) in [5, 5.41) is 0. The van der Waals surface area contributed by atoms with Gasteiger partial charge in [0.15, 0.2) is 11.5 Å². The van der Waals surface area contributed by atoms with Crippen molar-refractivity contribution in [3.8, 4) is 11.5 Å². The molecular weight excluding hydrogens is 210 g/mol. The average Bonchev–Trinajstić information content (AvgIpc) is 2.35. The molecule has 5 heteroatoms. The highest BCUT2D eigenvalue weighted by Crippen LogP contribution is 2.30. The molecule has 0 aliphatic carbocycles. The third-order valence-electron chi connectivity index (χ3n) is 2.26. The van der Waals surface area contributed by atoms with Gasteiger partial charge in [-0.05, 0) is 24.1 Å². The molecule has 88 valence electrons. The van der Waals surface area contributed by atoms with E-state index in [0.717, 1.165) is 11.8 Å². The highest BCUT2D eigenvalue weighted by molar-refractivity contribution is 5.79. The molecule has 0 heterocycles. The number of methoxy groups -OCH3 is 2. The lowest BCUT2D eigenvalue weighted by Crippen LogP contribution is -2.06. The number of carbonyl (C=O) groups excluding carboxylic acids is 1. The zero-order valence-corrected chi connectivity index (χ0v) is 9.36. The van der Waals surface area contributed by atoms with Gasteiger partial charge in [-0.15, -0.1) is 0 Å². The Bertz CT molecular complexity index is 365. The van der Waals surface area contributed by atoms with Crippen LogP contribution < -0.4 is 15.4 Å². The minimum atomic E-state index is 0.344.